The van der Waals surface area contributed by atoms with Gasteiger partial charge in [0.1, 0.15) is 5.82 Å². The zero-order chi connectivity index (χ0) is 11.8. The minimum atomic E-state index is -0.896. The molecule has 0 saturated heterocycles. The fourth-order valence-electron chi connectivity index (χ4n) is 2.05. The highest BCUT2D eigenvalue weighted by Gasteiger charge is 2.29. The molecule has 0 bridgehead atoms. The van der Waals surface area contributed by atoms with Crippen LogP contribution in [0.5, 0.6) is 0 Å². The second kappa shape index (κ2) is 3.59. The summed E-state index contributed by atoms with van der Waals surface area (Å²) in [7, 11) is 0. The molecule has 0 saturated carbocycles. The van der Waals surface area contributed by atoms with Gasteiger partial charge < -0.3 is 10.0 Å². The average molecular weight is 226 g/mol. The standard InChI is InChI=1S/C13H10N2O2/c16-13(17)11-8-14-12-10-6-2-1-4-9(10)5-3-7-15(11)12/h1-8,11H,(H,16,17). The first-order chi connectivity index (χ1) is 8.27. The van der Waals surface area contributed by atoms with Crippen molar-refractivity contribution >= 4 is 24.1 Å². The van der Waals surface area contributed by atoms with Crippen LogP contribution in [0.15, 0.2) is 41.5 Å². The molecule has 0 spiro atoms. The van der Waals surface area contributed by atoms with E-state index in [4.69, 9.17) is 5.11 Å². The van der Waals surface area contributed by atoms with Gasteiger partial charge in [0.2, 0.25) is 0 Å². The zero-order valence-corrected chi connectivity index (χ0v) is 8.95. The molecule has 0 amide bonds. The summed E-state index contributed by atoms with van der Waals surface area (Å²) in [4.78, 5) is 17.0. The van der Waals surface area contributed by atoms with Gasteiger partial charge in [0.15, 0.2) is 6.04 Å². The quantitative estimate of drug-likeness (QED) is 0.727. The molecule has 0 aliphatic carbocycles. The number of aliphatic imine (C=N–C) groups is 1. The molecule has 4 nitrogen and oxygen atoms in total. The van der Waals surface area contributed by atoms with Crippen LogP contribution in [0.25, 0.3) is 11.9 Å². The van der Waals surface area contributed by atoms with Gasteiger partial charge in [0.25, 0.3) is 0 Å². The highest BCUT2D eigenvalue weighted by atomic mass is 16.4. The number of hydrogen-bond acceptors (Lipinski definition) is 3. The van der Waals surface area contributed by atoms with E-state index in [-0.39, 0.29) is 0 Å². The monoisotopic (exact) mass is 226 g/mol. The predicted octanol–water partition coefficient (Wildman–Crippen LogP) is -0.100. The number of aliphatic carboxylic acids is 1. The minimum Gasteiger partial charge on any atom is -0.479 e. The second-order valence-electron chi connectivity index (χ2n) is 3.89. The molecule has 2 aliphatic rings. The lowest BCUT2D eigenvalue weighted by Crippen LogP contribution is -2.36. The third-order valence-corrected chi connectivity index (χ3v) is 2.86. The maximum absolute atomic E-state index is 11.1. The van der Waals surface area contributed by atoms with Crippen LogP contribution < -0.4 is 10.4 Å². The fraction of sp³-hybridized carbons (Fsp3) is 0.0769. The molecule has 0 fully saturated rings. The van der Waals surface area contributed by atoms with Crippen LogP contribution in [0.1, 0.15) is 0 Å². The second-order valence-corrected chi connectivity index (χ2v) is 3.89. The Labute approximate surface area is 97.5 Å². The number of carboxylic acids is 1. The number of rotatable bonds is 1. The number of allylic oxidation sites excluding steroid dienone is 1. The van der Waals surface area contributed by atoms with Crippen LogP contribution in [0.3, 0.4) is 0 Å². The molecule has 0 aromatic heterocycles. The molecule has 2 aliphatic heterocycles. The van der Waals surface area contributed by atoms with Crippen LogP contribution in [0, 0.1) is 0 Å². The van der Waals surface area contributed by atoms with Crippen molar-refractivity contribution < 1.29 is 9.90 Å². The van der Waals surface area contributed by atoms with E-state index >= 15 is 0 Å². The van der Waals surface area contributed by atoms with Gasteiger partial charge in [0.05, 0.1) is 0 Å². The van der Waals surface area contributed by atoms with Gasteiger partial charge in [-0.3, -0.25) is 0 Å². The predicted molar refractivity (Wildman–Crippen MR) is 64.5 cm³/mol. The number of benzene rings is 1. The Balaban J connectivity index is 2.28. The smallest absolute Gasteiger partial charge is 0.332 e. The Morgan fingerprint density at radius 3 is 3.00 bits per heavy atom. The molecule has 0 radical (unpaired) electrons. The Morgan fingerprint density at radius 1 is 1.35 bits per heavy atom. The normalized spacial score (nSPS) is 20.6. The number of nitrogens with zero attached hydrogens (tertiary/aromatic N) is 2. The molecule has 3 rings (SSSR count). The van der Waals surface area contributed by atoms with Crippen molar-refractivity contribution in [1.29, 1.82) is 0 Å². The molecule has 84 valence electrons. The van der Waals surface area contributed by atoms with Gasteiger partial charge in [-0.15, -0.1) is 0 Å². The maximum Gasteiger partial charge on any atom is 0.332 e. The highest BCUT2D eigenvalue weighted by molar-refractivity contribution is 5.98. The largest absolute Gasteiger partial charge is 0.479 e. The molecule has 4 heteroatoms. The average Bonchev–Trinajstić information content (AvgIpc) is 2.66. The van der Waals surface area contributed by atoms with E-state index in [2.05, 4.69) is 4.99 Å². The van der Waals surface area contributed by atoms with Gasteiger partial charge in [-0.05, 0) is 11.3 Å². The first-order valence-electron chi connectivity index (χ1n) is 5.30. The Hall–Kier alpha value is -2.36. The van der Waals surface area contributed by atoms with Crippen molar-refractivity contribution in [2.75, 3.05) is 0 Å². The summed E-state index contributed by atoms with van der Waals surface area (Å²) in [5.41, 5.74) is 0. The van der Waals surface area contributed by atoms with Crippen molar-refractivity contribution in [2.24, 2.45) is 4.99 Å². The van der Waals surface area contributed by atoms with E-state index < -0.39 is 12.0 Å². The third kappa shape index (κ3) is 1.45. The van der Waals surface area contributed by atoms with Crippen LogP contribution in [0.4, 0.5) is 0 Å². The van der Waals surface area contributed by atoms with Crippen molar-refractivity contribution in [3.63, 3.8) is 0 Å². The molecule has 1 unspecified atom stereocenters. The van der Waals surface area contributed by atoms with Crippen molar-refractivity contribution in [1.82, 2.24) is 4.90 Å². The van der Waals surface area contributed by atoms with E-state index in [9.17, 15) is 4.79 Å². The number of carboxylic acid groups (broad SMARTS) is 1. The maximum atomic E-state index is 11.1. The summed E-state index contributed by atoms with van der Waals surface area (Å²) in [6.07, 6.45) is 7.01. The van der Waals surface area contributed by atoms with Gasteiger partial charge in [0, 0.05) is 17.6 Å². The molecular formula is C13H10N2O2. The van der Waals surface area contributed by atoms with Gasteiger partial charge in [-0.25, -0.2) is 9.79 Å². The van der Waals surface area contributed by atoms with E-state index in [1.165, 1.54) is 6.21 Å². The lowest BCUT2D eigenvalue weighted by atomic mass is 10.2. The topological polar surface area (TPSA) is 52.9 Å². The summed E-state index contributed by atoms with van der Waals surface area (Å²) >= 11 is 0. The van der Waals surface area contributed by atoms with Crippen molar-refractivity contribution in [2.45, 2.75) is 6.04 Å². The SMILES string of the molecule is O=C(O)C1C=NC2=c3ccccc3=CC=CN21. The van der Waals surface area contributed by atoms with E-state index in [0.29, 0.717) is 5.82 Å². The fourth-order valence-corrected chi connectivity index (χ4v) is 2.05. The molecular weight excluding hydrogens is 216 g/mol. The van der Waals surface area contributed by atoms with Gasteiger partial charge >= 0.3 is 5.97 Å². The summed E-state index contributed by atoms with van der Waals surface area (Å²) in [5.74, 6) is -0.203. The summed E-state index contributed by atoms with van der Waals surface area (Å²) in [6.45, 7) is 0. The molecule has 1 atom stereocenters. The van der Waals surface area contributed by atoms with Crippen LogP contribution in [-0.4, -0.2) is 28.2 Å². The molecule has 1 aromatic rings. The molecule has 1 N–H and O–H groups in total. The molecule has 1 aromatic carbocycles. The first-order valence-corrected chi connectivity index (χ1v) is 5.30. The van der Waals surface area contributed by atoms with Gasteiger partial charge in [-0.2, -0.15) is 0 Å². The Kier molecular flexibility index (Phi) is 2.08. The summed E-state index contributed by atoms with van der Waals surface area (Å²) in [6, 6.07) is 7.10. The van der Waals surface area contributed by atoms with Crippen LogP contribution >= 0.6 is 0 Å². The first kappa shape index (κ1) is 9.84. The van der Waals surface area contributed by atoms with Crippen molar-refractivity contribution in [3.05, 3.63) is 47.0 Å². The zero-order valence-electron chi connectivity index (χ0n) is 8.95. The summed E-state index contributed by atoms with van der Waals surface area (Å²) < 4.78 is 0. The Bertz CT molecular complexity index is 658. The number of carbonyl (C=O) groups is 1. The summed E-state index contributed by atoms with van der Waals surface area (Å²) in [5, 5.41) is 11.1. The van der Waals surface area contributed by atoms with E-state index in [0.717, 1.165) is 10.4 Å². The van der Waals surface area contributed by atoms with Gasteiger partial charge in [-0.1, -0.05) is 30.3 Å². The minimum absolute atomic E-state index is 0.693. The Morgan fingerprint density at radius 2 is 2.18 bits per heavy atom. The van der Waals surface area contributed by atoms with Crippen molar-refractivity contribution in [3.8, 4) is 0 Å². The number of fused-ring (bicyclic) bond motifs is 2. The van der Waals surface area contributed by atoms with Crippen LogP contribution in [-0.2, 0) is 4.79 Å². The van der Waals surface area contributed by atoms with E-state index in [1.54, 1.807) is 11.1 Å². The lowest BCUT2D eigenvalue weighted by Gasteiger charge is -2.17. The highest BCUT2D eigenvalue weighted by Crippen LogP contribution is 2.18. The molecule has 17 heavy (non-hydrogen) atoms. The number of hydrogen-bond donors (Lipinski definition) is 1. The lowest BCUT2D eigenvalue weighted by molar-refractivity contribution is -0.138. The van der Waals surface area contributed by atoms with Crippen LogP contribution in [0.2, 0.25) is 0 Å². The third-order valence-electron chi connectivity index (χ3n) is 2.86. The molecule has 2 heterocycles. The van der Waals surface area contributed by atoms with E-state index in [1.807, 2.05) is 36.4 Å².